The van der Waals surface area contributed by atoms with E-state index < -0.39 is 23.7 Å². The number of hydrogen-bond acceptors (Lipinski definition) is 5. The minimum atomic E-state index is -4.57. The van der Waals surface area contributed by atoms with Gasteiger partial charge in [-0.3, -0.25) is 4.79 Å². The molecule has 186 valence electrons. The van der Waals surface area contributed by atoms with Crippen molar-refractivity contribution in [2.75, 3.05) is 6.54 Å². The lowest BCUT2D eigenvalue weighted by molar-refractivity contribution is -0.137. The summed E-state index contributed by atoms with van der Waals surface area (Å²) in [7, 11) is 0. The highest BCUT2D eigenvalue weighted by Crippen LogP contribution is 2.58. The number of halogens is 5. The van der Waals surface area contributed by atoms with E-state index in [4.69, 9.17) is 16.3 Å². The van der Waals surface area contributed by atoms with Gasteiger partial charge in [-0.05, 0) is 54.9 Å². The molecule has 2 aliphatic carbocycles. The summed E-state index contributed by atoms with van der Waals surface area (Å²) >= 11 is 6.08. The summed E-state index contributed by atoms with van der Waals surface area (Å²) in [5, 5.41) is -0.245. The number of nitrogens with zero attached hydrogens (tertiary/aromatic N) is 4. The molecule has 5 atom stereocenters. The molecule has 2 saturated carbocycles. The first-order valence-corrected chi connectivity index (χ1v) is 11.9. The molecule has 36 heavy (non-hydrogen) atoms. The molecule has 2 aliphatic heterocycles. The quantitative estimate of drug-likeness (QED) is 0.440. The van der Waals surface area contributed by atoms with Crippen molar-refractivity contribution in [2.45, 2.75) is 31.2 Å². The molecule has 0 radical (unpaired) electrons. The average Bonchev–Trinajstić information content (AvgIpc) is 3.06. The van der Waals surface area contributed by atoms with Gasteiger partial charge >= 0.3 is 6.18 Å². The van der Waals surface area contributed by atoms with Crippen LogP contribution in [-0.2, 0) is 6.18 Å². The first kappa shape index (κ1) is 23.1. The van der Waals surface area contributed by atoms with Crippen LogP contribution in [0.25, 0.3) is 11.4 Å². The van der Waals surface area contributed by atoms with Gasteiger partial charge in [-0.15, -0.1) is 0 Å². The molecule has 11 heteroatoms. The highest BCUT2D eigenvalue weighted by Gasteiger charge is 2.62. The number of hydrogen-bond donors (Lipinski definition) is 0. The molecule has 7 rings (SSSR count). The second-order valence-corrected chi connectivity index (χ2v) is 9.81. The van der Waals surface area contributed by atoms with E-state index in [1.165, 1.54) is 24.5 Å². The van der Waals surface area contributed by atoms with Crippen molar-refractivity contribution in [3.05, 3.63) is 70.9 Å². The van der Waals surface area contributed by atoms with E-state index in [1.807, 2.05) is 0 Å². The smallest absolute Gasteiger partial charge is 0.417 e. The van der Waals surface area contributed by atoms with Crippen molar-refractivity contribution in [1.82, 2.24) is 19.9 Å². The van der Waals surface area contributed by atoms with Gasteiger partial charge in [0.25, 0.3) is 5.91 Å². The van der Waals surface area contributed by atoms with E-state index in [0.29, 0.717) is 25.1 Å². The number of alkyl halides is 3. The predicted molar refractivity (Wildman–Crippen MR) is 121 cm³/mol. The van der Waals surface area contributed by atoms with Crippen LogP contribution in [0.3, 0.4) is 0 Å². The molecule has 2 saturated heterocycles. The van der Waals surface area contributed by atoms with Gasteiger partial charge in [-0.2, -0.15) is 13.2 Å². The zero-order chi connectivity index (χ0) is 25.2. The molecular weight excluding hydrogens is 500 g/mol. The maximum absolute atomic E-state index is 14.9. The summed E-state index contributed by atoms with van der Waals surface area (Å²) < 4.78 is 59.9. The topological polar surface area (TPSA) is 68.2 Å². The third-order valence-corrected chi connectivity index (χ3v) is 7.81. The van der Waals surface area contributed by atoms with Crippen molar-refractivity contribution < 1.29 is 27.1 Å². The van der Waals surface area contributed by atoms with Gasteiger partial charge in [0.15, 0.2) is 5.82 Å². The molecule has 4 aliphatic rings. The fourth-order valence-electron chi connectivity index (χ4n) is 5.97. The van der Waals surface area contributed by atoms with Crippen LogP contribution in [0.5, 0.6) is 5.88 Å². The summed E-state index contributed by atoms with van der Waals surface area (Å²) in [4.78, 5) is 27.6. The standard InChI is InChI=1S/C25H19ClF4N4O2/c26-17-8-13(25(28,29)30)10-33-23(17)36-19-9-15-12-7-16(15)21(19)34(11-12)24(35)14-3-1-4-18(27)20(14)22-31-5-2-6-32-22/h1-6,8,10,12,15-16,19,21H,7,9,11H2. The number of pyridine rings is 1. The molecule has 6 nitrogen and oxygen atoms in total. The Kier molecular flexibility index (Phi) is 5.40. The van der Waals surface area contributed by atoms with Crippen molar-refractivity contribution in [3.63, 3.8) is 0 Å². The minimum absolute atomic E-state index is 0.0295. The highest BCUT2D eigenvalue weighted by molar-refractivity contribution is 6.31. The Morgan fingerprint density at radius 2 is 1.86 bits per heavy atom. The van der Waals surface area contributed by atoms with E-state index in [2.05, 4.69) is 15.0 Å². The normalized spacial score (nSPS) is 26.5. The lowest BCUT2D eigenvalue weighted by atomic mass is 9.62. The summed E-state index contributed by atoms with van der Waals surface area (Å²) in [6, 6.07) is 6.33. The van der Waals surface area contributed by atoms with Gasteiger partial charge in [-0.25, -0.2) is 19.3 Å². The number of rotatable bonds is 4. The zero-order valence-corrected chi connectivity index (χ0v) is 19.4. The molecule has 3 aromatic rings. The van der Waals surface area contributed by atoms with Crippen LogP contribution in [0.1, 0.15) is 28.8 Å². The number of carbonyl (C=O) groups excluding carboxylic acids is 1. The Labute approximate surface area is 208 Å². The third-order valence-electron chi connectivity index (χ3n) is 7.54. The van der Waals surface area contributed by atoms with Crippen molar-refractivity contribution in [1.29, 1.82) is 0 Å². The fraction of sp³-hybridized carbons (Fsp3) is 0.360. The molecule has 4 heterocycles. The maximum atomic E-state index is 14.9. The second kappa shape index (κ2) is 8.40. The molecule has 1 amide bonds. The summed E-state index contributed by atoms with van der Waals surface area (Å²) in [5.41, 5.74) is -0.789. The lowest BCUT2D eigenvalue weighted by Gasteiger charge is -2.53. The largest absolute Gasteiger partial charge is 0.471 e. The van der Waals surface area contributed by atoms with Crippen LogP contribution in [-0.4, -0.2) is 44.4 Å². The van der Waals surface area contributed by atoms with Crippen molar-refractivity contribution in [3.8, 4) is 17.3 Å². The molecule has 4 bridgehead atoms. The average molecular weight is 519 g/mol. The Morgan fingerprint density at radius 1 is 1.08 bits per heavy atom. The highest BCUT2D eigenvalue weighted by atomic mass is 35.5. The first-order valence-electron chi connectivity index (χ1n) is 11.5. The number of benzene rings is 1. The number of ether oxygens (including phenoxy) is 1. The number of carbonyl (C=O) groups is 1. The molecular formula is C25H19ClF4N4O2. The molecule has 0 N–H and O–H groups in total. The van der Waals surface area contributed by atoms with Crippen LogP contribution >= 0.6 is 11.6 Å². The first-order chi connectivity index (χ1) is 17.2. The predicted octanol–water partition coefficient (Wildman–Crippen LogP) is 5.28. The SMILES string of the molecule is O=C(c1cccc(F)c1-c1ncccn1)N1CC2CC3C2CC(Oc2ncc(C(F)(F)F)cc2Cl)C31. The number of fused-ring (bicyclic) bond motifs is 1. The second-order valence-electron chi connectivity index (χ2n) is 9.41. The Hall–Kier alpha value is -3.27. The summed E-state index contributed by atoms with van der Waals surface area (Å²) in [5.74, 6) is -0.138. The van der Waals surface area contributed by atoms with Crippen LogP contribution in [0.4, 0.5) is 17.6 Å². The lowest BCUT2D eigenvalue weighted by Crippen LogP contribution is -2.60. The van der Waals surface area contributed by atoms with Gasteiger partial charge in [0.1, 0.15) is 16.9 Å². The van der Waals surface area contributed by atoms with E-state index >= 15 is 0 Å². The van der Waals surface area contributed by atoms with E-state index in [9.17, 15) is 22.4 Å². The summed E-state index contributed by atoms with van der Waals surface area (Å²) in [6.45, 7) is 0.490. The van der Waals surface area contributed by atoms with E-state index in [-0.39, 0.29) is 51.6 Å². The maximum Gasteiger partial charge on any atom is 0.417 e. The van der Waals surface area contributed by atoms with Crippen LogP contribution in [0.2, 0.25) is 5.02 Å². The van der Waals surface area contributed by atoms with Crippen molar-refractivity contribution in [2.24, 2.45) is 17.8 Å². The van der Waals surface area contributed by atoms with Gasteiger partial charge in [0.05, 0.1) is 22.7 Å². The molecule has 4 fully saturated rings. The molecule has 2 aromatic heterocycles. The Bertz CT molecular complexity index is 1340. The molecule has 0 spiro atoms. The number of amides is 1. The van der Waals surface area contributed by atoms with E-state index in [1.54, 1.807) is 17.0 Å². The minimum Gasteiger partial charge on any atom is -0.471 e. The van der Waals surface area contributed by atoms with Gasteiger partial charge in [0, 0.05) is 25.1 Å². The Morgan fingerprint density at radius 3 is 2.58 bits per heavy atom. The van der Waals surface area contributed by atoms with Gasteiger partial charge in [0.2, 0.25) is 5.88 Å². The van der Waals surface area contributed by atoms with Gasteiger partial charge in [-0.1, -0.05) is 17.7 Å². The monoisotopic (exact) mass is 518 g/mol. The number of aromatic nitrogens is 3. The third kappa shape index (κ3) is 3.70. The van der Waals surface area contributed by atoms with Crippen LogP contribution in [0.15, 0.2) is 48.9 Å². The van der Waals surface area contributed by atoms with Gasteiger partial charge < -0.3 is 9.64 Å². The van der Waals surface area contributed by atoms with E-state index in [0.717, 1.165) is 12.5 Å². The fourth-order valence-corrected chi connectivity index (χ4v) is 6.18. The summed E-state index contributed by atoms with van der Waals surface area (Å²) in [6.07, 6.45) is 0.143. The van der Waals surface area contributed by atoms with Crippen molar-refractivity contribution >= 4 is 17.5 Å². The molecule has 1 aromatic carbocycles. The van der Waals surface area contributed by atoms with Crippen LogP contribution in [0, 0.1) is 23.6 Å². The number of piperidine rings is 2. The zero-order valence-electron chi connectivity index (χ0n) is 18.6. The Balaban J connectivity index is 1.31. The van der Waals surface area contributed by atoms with Crippen LogP contribution < -0.4 is 4.74 Å². The molecule has 5 unspecified atom stereocenters.